The Morgan fingerprint density at radius 1 is 0.760 bits per heavy atom. The van der Waals surface area contributed by atoms with Crippen LogP contribution >= 0.6 is 0 Å². The summed E-state index contributed by atoms with van der Waals surface area (Å²) in [7, 11) is 0. The normalized spacial score (nSPS) is 13.6. The monoisotopic (exact) mass is 324 g/mol. The molecule has 0 aliphatic heterocycles. The smallest absolute Gasteiger partial charge is 0.160 e. The van der Waals surface area contributed by atoms with Gasteiger partial charge in [0.2, 0.25) is 0 Å². The number of rotatable bonds is 3. The topological polar surface area (TPSA) is 25.8 Å². The maximum absolute atomic E-state index is 4.85. The molecule has 0 saturated heterocycles. The lowest BCUT2D eigenvalue weighted by atomic mass is 10.0. The average Bonchev–Trinajstić information content (AvgIpc) is 2.69. The fourth-order valence-corrected chi connectivity index (χ4v) is 2.99. The summed E-state index contributed by atoms with van der Waals surface area (Å²) in [5.41, 5.74) is 6.52. The minimum Gasteiger partial charge on any atom is -0.228 e. The van der Waals surface area contributed by atoms with Gasteiger partial charge in [-0.25, -0.2) is 9.97 Å². The highest BCUT2D eigenvalue weighted by atomic mass is 14.9. The number of aryl methyl sites for hydroxylation is 1. The number of hydrogen-bond acceptors (Lipinski definition) is 2. The van der Waals surface area contributed by atoms with E-state index in [1.165, 1.54) is 11.1 Å². The molecule has 4 rings (SSSR count). The van der Waals surface area contributed by atoms with Crippen LogP contribution in [-0.4, -0.2) is 9.97 Å². The van der Waals surface area contributed by atoms with Crippen molar-refractivity contribution in [2.24, 2.45) is 0 Å². The second-order valence-corrected chi connectivity index (χ2v) is 6.33. The second-order valence-electron chi connectivity index (χ2n) is 6.33. The molecule has 0 amide bonds. The van der Waals surface area contributed by atoms with Crippen LogP contribution in [0, 0.1) is 6.92 Å². The van der Waals surface area contributed by atoms with Crippen LogP contribution in [0.3, 0.4) is 0 Å². The number of benzene rings is 2. The Labute approximate surface area is 148 Å². The first-order valence-corrected chi connectivity index (χ1v) is 8.68. The third-order valence-corrected chi connectivity index (χ3v) is 4.40. The predicted molar refractivity (Wildman–Crippen MR) is 104 cm³/mol. The maximum Gasteiger partial charge on any atom is 0.160 e. The van der Waals surface area contributed by atoms with E-state index in [0.717, 1.165) is 41.2 Å². The number of hydrogen-bond donors (Lipinski definition) is 0. The summed E-state index contributed by atoms with van der Waals surface area (Å²) in [6, 6.07) is 20.8. The van der Waals surface area contributed by atoms with E-state index in [0.29, 0.717) is 0 Å². The SMILES string of the molecule is Cc1ccc(-c2nc(C3=CCCC=C3)cc(-c3ccccc3)n2)cc1. The summed E-state index contributed by atoms with van der Waals surface area (Å²) < 4.78 is 0. The molecule has 2 heteroatoms. The minimum absolute atomic E-state index is 0.774. The molecule has 0 unspecified atom stereocenters. The lowest BCUT2D eigenvalue weighted by molar-refractivity contribution is 1.03. The predicted octanol–water partition coefficient (Wildman–Crippen LogP) is 5.85. The van der Waals surface area contributed by atoms with Gasteiger partial charge in [-0.2, -0.15) is 0 Å². The van der Waals surface area contributed by atoms with Crippen molar-refractivity contribution < 1.29 is 0 Å². The number of aromatic nitrogens is 2. The highest BCUT2D eigenvalue weighted by molar-refractivity contribution is 5.77. The van der Waals surface area contributed by atoms with Gasteiger partial charge in [0.05, 0.1) is 11.4 Å². The average molecular weight is 324 g/mol. The van der Waals surface area contributed by atoms with Crippen molar-refractivity contribution in [3.8, 4) is 22.6 Å². The van der Waals surface area contributed by atoms with Crippen LogP contribution < -0.4 is 0 Å². The molecule has 0 N–H and O–H groups in total. The van der Waals surface area contributed by atoms with E-state index in [1.807, 2.05) is 18.2 Å². The number of allylic oxidation sites excluding steroid dienone is 4. The second kappa shape index (κ2) is 6.86. The summed E-state index contributed by atoms with van der Waals surface area (Å²) >= 11 is 0. The Bertz CT molecular complexity index is 936. The molecule has 1 aromatic heterocycles. The Hall–Kier alpha value is -3.00. The van der Waals surface area contributed by atoms with Crippen LogP contribution in [0.4, 0.5) is 0 Å². The van der Waals surface area contributed by atoms with E-state index in [9.17, 15) is 0 Å². The van der Waals surface area contributed by atoms with Gasteiger partial charge in [-0.3, -0.25) is 0 Å². The van der Waals surface area contributed by atoms with Gasteiger partial charge in [-0.05, 0) is 31.4 Å². The fourth-order valence-electron chi connectivity index (χ4n) is 2.99. The summed E-state index contributed by atoms with van der Waals surface area (Å²) in [6.07, 6.45) is 8.81. The van der Waals surface area contributed by atoms with E-state index in [4.69, 9.17) is 9.97 Å². The number of nitrogens with zero attached hydrogens (tertiary/aromatic N) is 2. The van der Waals surface area contributed by atoms with Crippen LogP contribution in [0.5, 0.6) is 0 Å². The zero-order chi connectivity index (χ0) is 17.1. The Kier molecular flexibility index (Phi) is 4.26. The van der Waals surface area contributed by atoms with Crippen LogP contribution in [-0.2, 0) is 0 Å². The van der Waals surface area contributed by atoms with Gasteiger partial charge in [-0.1, -0.05) is 78.4 Å². The van der Waals surface area contributed by atoms with E-state index < -0.39 is 0 Å². The van der Waals surface area contributed by atoms with Crippen molar-refractivity contribution in [1.82, 2.24) is 9.97 Å². The molecular weight excluding hydrogens is 304 g/mol. The molecule has 1 aliphatic rings. The van der Waals surface area contributed by atoms with Crippen molar-refractivity contribution in [2.45, 2.75) is 19.8 Å². The molecule has 0 bridgehead atoms. The molecule has 25 heavy (non-hydrogen) atoms. The lowest BCUT2D eigenvalue weighted by Crippen LogP contribution is -1.98. The van der Waals surface area contributed by atoms with Crippen molar-refractivity contribution in [1.29, 1.82) is 0 Å². The quantitative estimate of drug-likeness (QED) is 0.603. The molecule has 0 spiro atoms. The van der Waals surface area contributed by atoms with Gasteiger partial charge in [0, 0.05) is 11.1 Å². The van der Waals surface area contributed by atoms with Crippen molar-refractivity contribution in [3.63, 3.8) is 0 Å². The zero-order valence-corrected chi connectivity index (χ0v) is 14.3. The molecule has 0 radical (unpaired) electrons. The highest BCUT2D eigenvalue weighted by Crippen LogP contribution is 2.27. The van der Waals surface area contributed by atoms with Crippen LogP contribution in [0.1, 0.15) is 24.1 Å². The van der Waals surface area contributed by atoms with Crippen LogP contribution in [0.15, 0.2) is 78.9 Å². The Morgan fingerprint density at radius 2 is 1.52 bits per heavy atom. The standard InChI is InChI=1S/C23H20N2/c1-17-12-14-20(15-13-17)23-24-21(18-8-4-2-5-9-18)16-22(25-23)19-10-6-3-7-11-19/h2,4-6,8-16H,3,7H2,1H3. The lowest BCUT2D eigenvalue weighted by Gasteiger charge is -2.11. The molecule has 1 aliphatic carbocycles. The highest BCUT2D eigenvalue weighted by Gasteiger charge is 2.11. The van der Waals surface area contributed by atoms with Gasteiger partial charge < -0.3 is 0 Å². The van der Waals surface area contributed by atoms with Crippen molar-refractivity contribution in [2.75, 3.05) is 0 Å². The van der Waals surface area contributed by atoms with Gasteiger partial charge in [-0.15, -0.1) is 0 Å². The third-order valence-electron chi connectivity index (χ3n) is 4.40. The van der Waals surface area contributed by atoms with Gasteiger partial charge in [0.15, 0.2) is 5.82 Å². The summed E-state index contributed by atoms with van der Waals surface area (Å²) in [5.74, 6) is 0.774. The molecule has 0 atom stereocenters. The van der Waals surface area contributed by atoms with Gasteiger partial charge >= 0.3 is 0 Å². The Morgan fingerprint density at radius 3 is 2.24 bits per heavy atom. The maximum atomic E-state index is 4.85. The van der Waals surface area contributed by atoms with Crippen molar-refractivity contribution >= 4 is 5.57 Å². The molecule has 0 saturated carbocycles. The molecule has 3 aromatic rings. The molecule has 2 nitrogen and oxygen atoms in total. The van der Waals surface area contributed by atoms with Crippen LogP contribution in [0.2, 0.25) is 0 Å². The summed E-state index contributed by atoms with van der Waals surface area (Å²) in [6.45, 7) is 2.09. The first-order valence-electron chi connectivity index (χ1n) is 8.68. The Balaban J connectivity index is 1.87. The molecule has 1 heterocycles. The van der Waals surface area contributed by atoms with E-state index in [2.05, 4.69) is 67.6 Å². The fraction of sp³-hybridized carbons (Fsp3) is 0.130. The first kappa shape index (κ1) is 15.5. The first-order chi connectivity index (χ1) is 12.3. The minimum atomic E-state index is 0.774. The van der Waals surface area contributed by atoms with Crippen molar-refractivity contribution in [3.05, 3.63) is 90.1 Å². The van der Waals surface area contributed by atoms with E-state index in [-0.39, 0.29) is 0 Å². The van der Waals surface area contributed by atoms with E-state index >= 15 is 0 Å². The van der Waals surface area contributed by atoms with Crippen LogP contribution in [0.25, 0.3) is 28.2 Å². The molecular formula is C23H20N2. The third kappa shape index (κ3) is 3.43. The molecule has 2 aromatic carbocycles. The van der Waals surface area contributed by atoms with E-state index in [1.54, 1.807) is 0 Å². The molecule has 0 fully saturated rings. The molecule has 122 valence electrons. The van der Waals surface area contributed by atoms with Gasteiger partial charge in [0.1, 0.15) is 0 Å². The summed E-state index contributed by atoms with van der Waals surface area (Å²) in [5, 5.41) is 0. The summed E-state index contributed by atoms with van der Waals surface area (Å²) in [4.78, 5) is 9.69. The zero-order valence-electron chi connectivity index (χ0n) is 14.3. The largest absolute Gasteiger partial charge is 0.228 e. The van der Waals surface area contributed by atoms with Gasteiger partial charge in [0.25, 0.3) is 0 Å².